The Bertz CT molecular complexity index is 1110. The van der Waals surface area contributed by atoms with Gasteiger partial charge < -0.3 is 20.7 Å². The first-order chi connectivity index (χ1) is 13.6. The van der Waals surface area contributed by atoms with E-state index >= 15 is 0 Å². The lowest BCUT2D eigenvalue weighted by Gasteiger charge is -2.35. The van der Waals surface area contributed by atoms with E-state index in [-0.39, 0.29) is 28.9 Å². The van der Waals surface area contributed by atoms with Gasteiger partial charge in [-0.25, -0.2) is 9.37 Å². The van der Waals surface area contributed by atoms with Gasteiger partial charge in [-0.2, -0.15) is 0 Å². The number of primary amides is 1. The molecule has 0 unspecified atom stereocenters. The maximum atomic E-state index is 14.7. The molecule has 1 aliphatic carbocycles. The van der Waals surface area contributed by atoms with Gasteiger partial charge in [0.05, 0.1) is 5.56 Å². The van der Waals surface area contributed by atoms with Gasteiger partial charge in [-0.05, 0) is 50.3 Å². The summed E-state index contributed by atoms with van der Waals surface area (Å²) in [6, 6.07) is 2.99. The summed E-state index contributed by atoms with van der Waals surface area (Å²) in [7, 11) is 1.47. The quantitative estimate of drug-likeness (QED) is 0.671. The third-order valence-electron chi connectivity index (χ3n) is 5.39. The zero-order valence-corrected chi connectivity index (χ0v) is 16.3. The molecule has 1 aromatic heterocycles. The minimum absolute atomic E-state index is 0.0238. The van der Waals surface area contributed by atoms with Crippen molar-refractivity contribution in [1.29, 1.82) is 0 Å². The second-order valence-electron chi connectivity index (χ2n) is 8.00. The number of amides is 2. The van der Waals surface area contributed by atoms with Crippen molar-refractivity contribution in [1.82, 2.24) is 14.9 Å². The highest BCUT2D eigenvalue weighted by atomic mass is 19.1. The van der Waals surface area contributed by atoms with Crippen LogP contribution in [0.3, 0.4) is 0 Å². The number of hydrogen-bond acceptors (Lipinski definition) is 4. The Morgan fingerprint density at radius 3 is 2.66 bits per heavy atom. The van der Waals surface area contributed by atoms with E-state index in [1.54, 1.807) is 10.6 Å². The van der Waals surface area contributed by atoms with Gasteiger partial charge in [0.15, 0.2) is 5.69 Å². The molecule has 2 aromatic rings. The van der Waals surface area contributed by atoms with Crippen LogP contribution in [0.5, 0.6) is 0 Å². The lowest BCUT2D eigenvalue weighted by molar-refractivity contribution is 0.0928. The van der Waals surface area contributed by atoms with E-state index in [0.29, 0.717) is 24.2 Å². The second-order valence-corrected chi connectivity index (χ2v) is 8.00. The first kappa shape index (κ1) is 19.2. The molecule has 1 aromatic carbocycles. The molecule has 1 saturated carbocycles. The van der Waals surface area contributed by atoms with Crippen molar-refractivity contribution in [3.05, 3.63) is 40.5 Å². The van der Waals surface area contributed by atoms with Gasteiger partial charge >= 0.3 is 0 Å². The summed E-state index contributed by atoms with van der Waals surface area (Å²) in [6.45, 7) is 3.02. The van der Waals surface area contributed by atoms with Crippen LogP contribution in [0, 0.1) is 17.7 Å². The number of rotatable bonds is 2. The van der Waals surface area contributed by atoms with E-state index in [1.807, 2.05) is 0 Å². The van der Waals surface area contributed by atoms with Crippen LogP contribution >= 0.6 is 0 Å². The smallest absolute Gasteiger partial charge is 0.270 e. The Hall–Kier alpha value is -3.18. The van der Waals surface area contributed by atoms with Crippen LogP contribution in [0.15, 0.2) is 12.1 Å². The fourth-order valence-electron chi connectivity index (χ4n) is 3.97. The molecule has 7 nitrogen and oxygen atoms in total. The van der Waals surface area contributed by atoms with E-state index < -0.39 is 23.2 Å². The predicted octanol–water partition coefficient (Wildman–Crippen LogP) is 1.70. The molecule has 2 aliphatic heterocycles. The van der Waals surface area contributed by atoms with Gasteiger partial charge in [-0.1, -0.05) is 11.8 Å². The summed E-state index contributed by atoms with van der Waals surface area (Å²) < 4.78 is 16.4. The average molecular weight is 396 g/mol. The molecular weight excluding hydrogens is 375 g/mol. The van der Waals surface area contributed by atoms with Crippen molar-refractivity contribution in [3.63, 3.8) is 0 Å². The van der Waals surface area contributed by atoms with Crippen LogP contribution in [-0.2, 0) is 0 Å². The number of benzene rings is 1. The third-order valence-corrected chi connectivity index (χ3v) is 5.39. The first-order valence-electron chi connectivity index (χ1n) is 9.34. The normalized spacial score (nSPS) is 19.1. The van der Waals surface area contributed by atoms with Crippen molar-refractivity contribution in [3.8, 4) is 23.2 Å². The molecule has 2 amide bonds. The Kier molecular flexibility index (Phi) is 4.24. The van der Waals surface area contributed by atoms with Crippen LogP contribution in [0.1, 0.15) is 70.8 Å². The summed E-state index contributed by atoms with van der Waals surface area (Å²) >= 11 is 0. The highest BCUT2D eigenvalue weighted by Crippen LogP contribution is 2.53. The number of nitrogens with two attached hydrogens (primary N) is 1. The van der Waals surface area contributed by atoms with Crippen molar-refractivity contribution >= 4 is 11.8 Å². The van der Waals surface area contributed by atoms with E-state index in [1.165, 1.54) is 27.0 Å². The van der Waals surface area contributed by atoms with E-state index in [9.17, 15) is 19.1 Å². The van der Waals surface area contributed by atoms with Gasteiger partial charge in [-0.3, -0.25) is 9.59 Å². The lowest BCUT2D eigenvalue weighted by Crippen LogP contribution is -2.30. The molecule has 5 rings (SSSR count). The van der Waals surface area contributed by atoms with Gasteiger partial charge in [0.1, 0.15) is 22.9 Å². The highest BCUT2D eigenvalue weighted by Gasteiger charge is 2.42. The molecule has 0 saturated heterocycles. The molecule has 0 atom stereocenters. The van der Waals surface area contributed by atoms with Crippen molar-refractivity contribution in [2.45, 2.75) is 44.2 Å². The topological polar surface area (TPSA) is 110 Å². The van der Waals surface area contributed by atoms with Crippen LogP contribution in [0.2, 0.25) is 0 Å². The maximum absolute atomic E-state index is 14.7. The molecule has 1 fully saturated rings. The van der Waals surface area contributed by atoms with Crippen molar-refractivity contribution in [2.24, 2.45) is 5.73 Å². The Balaban J connectivity index is 1.98. The molecule has 0 radical (unpaired) electrons. The molecule has 3 heterocycles. The lowest BCUT2D eigenvalue weighted by atomic mass is 9.75. The number of carbonyl (C=O) groups excluding carboxylic acids is 2. The monoisotopic (exact) mass is 396 g/mol. The van der Waals surface area contributed by atoms with Crippen LogP contribution in [0.25, 0.3) is 11.4 Å². The molecule has 4 N–H and O–H groups in total. The van der Waals surface area contributed by atoms with Crippen LogP contribution in [0.4, 0.5) is 4.39 Å². The van der Waals surface area contributed by atoms with Gasteiger partial charge in [0.2, 0.25) is 0 Å². The van der Waals surface area contributed by atoms with E-state index in [0.717, 1.165) is 5.56 Å². The largest absolute Gasteiger partial charge is 0.378 e. The fraction of sp³-hybridized carbons (Fsp3) is 0.381. The number of halogens is 1. The minimum atomic E-state index is -1.27. The van der Waals surface area contributed by atoms with Crippen LogP contribution < -0.4 is 11.1 Å². The molecule has 8 heteroatoms. The van der Waals surface area contributed by atoms with E-state index in [2.05, 4.69) is 22.1 Å². The molecular formula is C21H21FN4O3. The number of carbonyl (C=O) groups is 2. The first-order valence-corrected chi connectivity index (χ1v) is 9.34. The summed E-state index contributed by atoms with van der Waals surface area (Å²) in [4.78, 5) is 28.9. The summed E-state index contributed by atoms with van der Waals surface area (Å²) in [5.74, 6) is 4.10. The summed E-state index contributed by atoms with van der Waals surface area (Å²) in [5.41, 5.74) is 5.73. The highest BCUT2D eigenvalue weighted by molar-refractivity contribution is 6.05. The Morgan fingerprint density at radius 1 is 1.38 bits per heavy atom. The standard InChI is InChI=1S/C21H21FN4O3/c1-21(2,29)5-4-10-8-14-13(9-15(10)22)11-6-12(7-11)26-17(20(28)24-3)16(18(23)27)25-19(14)26/h8-9,11-12,29H,6-7H2,1-3H3,(H2,23,27)(H,24,28). The second kappa shape index (κ2) is 6.42. The zero-order chi connectivity index (χ0) is 21.1. The number of hydrogen-bond donors (Lipinski definition) is 3. The number of nitrogens with zero attached hydrogens (tertiary/aromatic N) is 2. The zero-order valence-electron chi connectivity index (χ0n) is 16.3. The number of nitrogens with one attached hydrogen (secondary N) is 1. The number of imidazole rings is 1. The van der Waals surface area contributed by atoms with Gasteiger partial charge in [-0.15, -0.1) is 0 Å². The number of aromatic nitrogens is 2. The van der Waals surface area contributed by atoms with Gasteiger partial charge in [0, 0.05) is 18.7 Å². The molecule has 3 aliphatic rings. The molecule has 29 heavy (non-hydrogen) atoms. The van der Waals surface area contributed by atoms with Crippen molar-refractivity contribution in [2.75, 3.05) is 7.05 Å². The molecule has 150 valence electrons. The van der Waals surface area contributed by atoms with Crippen molar-refractivity contribution < 1.29 is 19.1 Å². The predicted molar refractivity (Wildman–Crippen MR) is 104 cm³/mol. The summed E-state index contributed by atoms with van der Waals surface area (Å²) in [6.07, 6.45) is 1.43. The SMILES string of the molecule is CNC(=O)c1c(C(N)=O)nc2n1C1CC(C1)c1cc(F)c(C#CC(C)(C)O)cc1-2. The van der Waals surface area contributed by atoms with Crippen LogP contribution in [-0.4, -0.2) is 39.1 Å². The molecule has 2 bridgehead atoms. The molecule has 0 spiro atoms. The minimum Gasteiger partial charge on any atom is -0.378 e. The number of aliphatic hydroxyl groups is 1. The maximum Gasteiger partial charge on any atom is 0.270 e. The Morgan fingerprint density at radius 2 is 2.07 bits per heavy atom. The van der Waals surface area contributed by atoms with Gasteiger partial charge in [0.25, 0.3) is 11.8 Å². The van der Waals surface area contributed by atoms with E-state index in [4.69, 9.17) is 5.73 Å². The fourth-order valence-corrected chi connectivity index (χ4v) is 3.97. The Labute approximate surface area is 167 Å². The summed E-state index contributed by atoms with van der Waals surface area (Å²) in [5, 5.41) is 12.4. The average Bonchev–Trinajstić information content (AvgIpc) is 2.88. The third kappa shape index (κ3) is 3.08.